The van der Waals surface area contributed by atoms with Crippen molar-refractivity contribution in [2.45, 2.75) is 13.3 Å². The molecule has 0 atom stereocenters. The second-order valence-electron chi connectivity index (χ2n) is 4.52. The zero-order chi connectivity index (χ0) is 14.7. The van der Waals surface area contributed by atoms with Crippen LogP contribution >= 0.6 is 0 Å². The minimum absolute atomic E-state index is 0.0335. The lowest BCUT2D eigenvalue weighted by molar-refractivity contribution is -0.384. The predicted molar refractivity (Wildman–Crippen MR) is 74.6 cm³/mol. The van der Waals surface area contributed by atoms with Crippen molar-refractivity contribution < 1.29 is 14.8 Å². The van der Waals surface area contributed by atoms with E-state index in [0.29, 0.717) is 5.56 Å². The fourth-order valence-electron chi connectivity index (χ4n) is 2.01. The molecule has 2 aromatic rings. The van der Waals surface area contributed by atoms with Gasteiger partial charge in [-0.2, -0.15) is 0 Å². The number of rotatable bonds is 4. The van der Waals surface area contributed by atoms with Gasteiger partial charge in [0.05, 0.1) is 11.3 Å². The molecule has 1 N–H and O–H groups in total. The fraction of sp³-hybridized carbons (Fsp3) is 0.133. The first kappa shape index (κ1) is 13.7. The van der Waals surface area contributed by atoms with Crippen molar-refractivity contribution in [3.63, 3.8) is 0 Å². The van der Waals surface area contributed by atoms with Gasteiger partial charge in [-0.3, -0.25) is 14.9 Å². The molecule has 0 aliphatic rings. The van der Waals surface area contributed by atoms with Crippen LogP contribution in [0.3, 0.4) is 0 Å². The van der Waals surface area contributed by atoms with E-state index in [9.17, 15) is 14.9 Å². The second-order valence-corrected chi connectivity index (χ2v) is 4.52. The average molecular weight is 271 g/mol. The van der Waals surface area contributed by atoms with Gasteiger partial charge in [-0.25, -0.2) is 0 Å². The summed E-state index contributed by atoms with van der Waals surface area (Å²) in [6, 6.07) is 11.7. The van der Waals surface area contributed by atoms with Crippen molar-refractivity contribution in [1.82, 2.24) is 0 Å². The number of aryl methyl sites for hydroxylation is 1. The average Bonchev–Trinajstić information content (AvgIpc) is 2.39. The number of nitro benzene ring substituents is 1. The zero-order valence-corrected chi connectivity index (χ0v) is 10.9. The lowest BCUT2D eigenvalue weighted by Gasteiger charge is -2.07. The van der Waals surface area contributed by atoms with Crippen molar-refractivity contribution in [3.05, 3.63) is 63.7 Å². The maximum absolute atomic E-state index is 10.8. The highest BCUT2D eigenvalue weighted by atomic mass is 16.6. The number of nitrogens with zero attached hydrogens (tertiary/aromatic N) is 1. The van der Waals surface area contributed by atoms with E-state index in [1.807, 2.05) is 6.92 Å². The third-order valence-electron chi connectivity index (χ3n) is 3.05. The Morgan fingerprint density at radius 2 is 1.85 bits per heavy atom. The van der Waals surface area contributed by atoms with Gasteiger partial charge in [0, 0.05) is 12.1 Å². The smallest absolute Gasteiger partial charge is 0.307 e. The largest absolute Gasteiger partial charge is 0.481 e. The van der Waals surface area contributed by atoms with E-state index in [1.54, 1.807) is 30.3 Å². The number of non-ortho nitro benzene ring substituents is 1. The Labute approximate surface area is 115 Å². The lowest BCUT2D eigenvalue weighted by atomic mass is 9.98. The number of nitro groups is 1. The summed E-state index contributed by atoms with van der Waals surface area (Å²) >= 11 is 0. The molecule has 5 nitrogen and oxygen atoms in total. The van der Waals surface area contributed by atoms with Crippen LogP contribution in [0.1, 0.15) is 11.1 Å². The van der Waals surface area contributed by atoms with Crippen molar-refractivity contribution >= 4 is 11.7 Å². The first-order valence-corrected chi connectivity index (χ1v) is 6.03. The molecule has 0 bridgehead atoms. The summed E-state index contributed by atoms with van der Waals surface area (Å²) in [6.07, 6.45) is -0.0335. The fourth-order valence-corrected chi connectivity index (χ4v) is 2.01. The van der Waals surface area contributed by atoms with Gasteiger partial charge in [-0.05, 0) is 29.2 Å². The monoisotopic (exact) mass is 271 g/mol. The van der Waals surface area contributed by atoms with Gasteiger partial charge in [-0.1, -0.05) is 30.3 Å². The third kappa shape index (κ3) is 3.00. The van der Waals surface area contributed by atoms with Crippen LogP contribution in [0, 0.1) is 17.0 Å². The number of benzene rings is 2. The van der Waals surface area contributed by atoms with E-state index in [4.69, 9.17) is 5.11 Å². The number of aliphatic carboxylic acids is 1. The molecule has 102 valence electrons. The molecule has 0 spiro atoms. The summed E-state index contributed by atoms with van der Waals surface area (Å²) in [5.74, 6) is -0.885. The van der Waals surface area contributed by atoms with Crippen LogP contribution in [0.5, 0.6) is 0 Å². The van der Waals surface area contributed by atoms with Gasteiger partial charge in [0.25, 0.3) is 5.69 Å². The molecule has 0 aliphatic carbocycles. The zero-order valence-electron chi connectivity index (χ0n) is 10.9. The normalized spacial score (nSPS) is 10.2. The van der Waals surface area contributed by atoms with Crippen molar-refractivity contribution in [1.29, 1.82) is 0 Å². The molecule has 0 unspecified atom stereocenters. The van der Waals surface area contributed by atoms with E-state index < -0.39 is 10.9 Å². The Balaban J connectivity index is 2.38. The Bertz CT molecular complexity index is 662. The molecule has 0 saturated carbocycles. The Kier molecular flexibility index (Phi) is 3.79. The van der Waals surface area contributed by atoms with Crippen LogP contribution in [0.4, 0.5) is 5.69 Å². The number of hydrogen-bond donors (Lipinski definition) is 1. The third-order valence-corrected chi connectivity index (χ3v) is 3.05. The summed E-state index contributed by atoms with van der Waals surface area (Å²) in [7, 11) is 0. The molecule has 2 aromatic carbocycles. The van der Waals surface area contributed by atoms with Gasteiger partial charge in [-0.15, -0.1) is 0 Å². The van der Waals surface area contributed by atoms with E-state index in [0.717, 1.165) is 16.7 Å². The topological polar surface area (TPSA) is 80.4 Å². The summed E-state index contributed by atoms with van der Waals surface area (Å²) in [4.78, 5) is 21.0. The van der Waals surface area contributed by atoms with E-state index >= 15 is 0 Å². The standard InChI is InChI=1S/C15H13NO4/c1-10-2-7-13(16(19)20)9-14(10)12-5-3-11(4-6-12)8-15(17)18/h2-7,9H,8H2,1H3,(H,17,18). The number of carboxylic acid groups (broad SMARTS) is 1. The maximum Gasteiger partial charge on any atom is 0.307 e. The molecule has 5 heteroatoms. The quantitative estimate of drug-likeness (QED) is 0.684. The van der Waals surface area contributed by atoms with Crippen LogP contribution in [-0.4, -0.2) is 16.0 Å². The summed E-state index contributed by atoms with van der Waals surface area (Å²) in [6.45, 7) is 1.88. The molecule has 0 aromatic heterocycles. The Hall–Kier alpha value is -2.69. The van der Waals surface area contributed by atoms with Gasteiger partial charge < -0.3 is 5.11 Å². The molecule has 0 amide bonds. The molecule has 0 aliphatic heterocycles. The van der Waals surface area contributed by atoms with E-state index in [-0.39, 0.29) is 12.1 Å². The van der Waals surface area contributed by atoms with Crippen LogP contribution in [0.2, 0.25) is 0 Å². The van der Waals surface area contributed by atoms with Crippen LogP contribution in [0.15, 0.2) is 42.5 Å². The van der Waals surface area contributed by atoms with Crippen molar-refractivity contribution in [2.24, 2.45) is 0 Å². The molecular weight excluding hydrogens is 258 g/mol. The van der Waals surface area contributed by atoms with Gasteiger partial charge in [0.1, 0.15) is 0 Å². The molecule has 0 heterocycles. The first-order valence-electron chi connectivity index (χ1n) is 6.03. The Morgan fingerprint density at radius 3 is 2.40 bits per heavy atom. The molecule has 0 radical (unpaired) electrons. The number of carbonyl (C=O) groups is 1. The van der Waals surface area contributed by atoms with E-state index in [2.05, 4.69) is 0 Å². The molecule has 0 saturated heterocycles. The molecular formula is C15H13NO4. The van der Waals surface area contributed by atoms with Gasteiger partial charge in [0.2, 0.25) is 0 Å². The minimum Gasteiger partial charge on any atom is -0.481 e. The highest BCUT2D eigenvalue weighted by Crippen LogP contribution is 2.27. The summed E-state index contributed by atoms with van der Waals surface area (Å²) < 4.78 is 0. The predicted octanol–water partition coefficient (Wildman–Crippen LogP) is 3.20. The number of carboxylic acids is 1. The first-order chi connectivity index (χ1) is 9.47. The van der Waals surface area contributed by atoms with Gasteiger partial charge in [0.15, 0.2) is 0 Å². The highest BCUT2D eigenvalue weighted by molar-refractivity contribution is 5.72. The Morgan fingerprint density at radius 1 is 1.20 bits per heavy atom. The second kappa shape index (κ2) is 5.52. The summed E-state index contributed by atoms with van der Waals surface area (Å²) in [5.41, 5.74) is 3.28. The molecule has 20 heavy (non-hydrogen) atoms. The van der Waals surface area contributed by atoms with Crippen molar-refractivity contribution in [3.8, 4) is 11.1 Å². The van der Waals surface area contributed by atoms with Gasteiger partial charge >= 0.3 is 5.97 Å². The van der Waals surface area contributed by atoms with Crippen LogP contribution < -0.4 is 0 Å². The SMILES string of the molecule is Cc1ccc([N+](=O)[O-])cc1-c1ccc(CC(=O)O)cc1. The van der Waals surface area contributed by atoms with Crippen molar-refractivity contribution in [2.75, 3.05) is 0 Å². The number of hydrogen-bond acceptors (Lipinski definition) is 3. The highest BCUT2D eigenvalue weighted by Gasteiger charge is 2.10. The van der Waals surface area contributed by atoms with Crippen LogP contribution in [0.25, 0.3) is 11.1 Å². The minimum atomic E-state index is -0.885. The lowest BCUT2D eigenvalue weighted by Crippen LogP contribution is -1.99. The maximum atomic E-state index is 10.8. The molecule has 2 rings (SSSR count). The van der Waals surface area contributed by atoms with E-state index in [1.165, 1.54) is 12.1 Å². The molecule has 0 fully saturated rings. The summed E-state index contributed by atoms with van der Waals surface area (Å²) in [5, 5.41) is 19.5. The van der Waals surface area contributed by atoms with Crippen LogP contribution in [-0.2, 0) is 11.2 Å².